The first-order valence-corrected chi connectivity index (χ1v) is 4.43. The van der Waals surface area contributed by atoms with E-state index in [1.807, 2.05) is 32.1 Å². The summed E-state index contributed by atoms with van der Waals surface area (Å²) in [4.78, 5) is 0. The molecule has 0 aromatic carbocycles. The van der Waals surface area contributed by atoms with Gasteiger partial charge in [-0.2, -0.15) is 6.42 Å². The number of rotatable bonds is 0. The van der Waals surface area contributed by atoms with Gasteiger partial charge < -0.3 is 6.92 Å². The van der Waals surface area contributed by atoms with Crippen molar-refractivity contribution in [3.05, 3.63) is 52.3 Å². The van der Waals surface area contributed by atoms with E-state index in [1.54, 1.807) is 0 Å². The van der Waals surface area contributed by atoms with E-state index in [9.17, 15) is 0 Å². The van der Waals surface area contributed by atoms with Crippen LogP contribution in [0.4, 0.5) is 0 Å². The minimum absolute atomic E-state index is 0. The fourth-order valence-electron chi connectivity index (χ4n) is 0.321. The molecule has 16 heavy (non-hydrogen) atoms. The molecule has 0 saturated heterocycles. The Bertz CT molecular complexity index is 127. The van der Waals surface area contributed by atoms with Gasteiger partial charge in [0.1, 0.15) is 0 Å². The van der Waals surface area contributed by atoms with Gasteiger partial charge in [0.15, 0.2) is 0 Å². The van der Waals surface area contributed by atoms with Crippen molar-refractivity contribution >= 4 is 0 Å². The van der Waals surface area contributed by atoms with E-state index in [0.29, 0.717) is 5.41 Å². The smallest absolute Gasteiger partial charge is 0 e. The molecule has 0 spiro atoms. The fourth-order valence-corrected chi connectivity index (χ4v) is 0.321. The monoisotopic (exact) mass is 262 g/mol. The maximum Gasteiger partial charge on any atom is 0 e. The average molecular weight is 262 g/mol. The van der Waals surface area contributed by atoms with Gasteiger partial charge in [0, 0.05) is 17.1 Å². The summed E-state index contributed by atoms with van der Waals surface area (Å²) in [5.74, 6) is 0. The fraction of sp³-hybridized carbons (Fsp3) is 0.385. The quantitative estimate of drug-likeness (QED) is 0.365. The van der Waals surface area contributed by atoms with Crippen LogP contribution in [0.15, 0.2) is 0 Å². The molecule has 0 aromatic heterocycles. The molecule has 3 heteroatoms. The van der Waals surface area contributed by atoms with Crippen LogP contribution in [0.25, 0.3) is 0 Å². The molecule has 0 N–H and O–H groups in total. The third-order valence-corrected chi connectivity index (χ3v) is 1.31. The molecular formula is C13H18FeO2-. The summed E-state index contributed by atoms with van der Waals surface area (Å²) < 4.78 is 15.0. The van der Waals surface area contributed by atoms with E-state index in [4.69, 9.17) is 9.30 Å². The normalized spacial score (nSPS) is 12.2. The summed E-state index contributed by atoms with van der Waals surface area (Å²) in [5, 5.41) is 0. The third-order valence-electron chi connectivity index (χ3n) is 1.31. The molecule has 0 heterocycles. The van der Waals surface area contributed by atoms with Crippen LogP contribution < -0.4 is 0 Å². The standard InChI is InChI=1S/C6H13.C5H5.2CO.Fe/c1-5-6(2,3)4;1-2-4-5-3-1;2*1-2;/h1,5H2,2-4H3;1-5H;;;/q-1;;;;. The molecule has 0 atom stereocenters. The molecule has 1 aliphatic rings. The summed E-state index contributed by atoms with van der Waals surface area (Å²) in [6.07, 6.45) is 11.0. The minimum Gasteiger partial charge on any atom is -0.343 e. The van der Waals surface area contributed by atoms with Crippen LogP contribution in [0.1, 0.15) is 27.2 Å². The molecule has 0 bridgehead atoms. The Morgan fingerprint density at radius 1 is 0.875 bits per heavy atom. The van der Waals surface area contributed by atoms with Gasteiger partial charge >= 0.3 is 22.6 Å². The second-order valence-corrected chi connectivity index (χ2v) is 3.77. The Hall–Kier alpha value is -0.000519. The molecule has 0 aliphatic heterocycles. The van der Waals surface area contributed by atoms with Gasteiger partial charge in [-0.1, -0.05) is 26.2 Å². The largest absolute Gasteiger partial charge is 0.343 e. The predicted octanol–water partition coefficient (Wildman–Crippen LogP) is 3.20. The summed E-state index contributed by atoms with van der Waals surface area (Å²) in [6, 6.07) is 0. The van der Waals surface area contributed by atoms with E-state index in [0.717, 1.165) is 6.42 Å². The number of hydrogen-bond donors (Lipinski definition) is 0. The van der Waals surface area contributed by atoms with Gasteiger partial charge in [-0.15, -0.1) is 0 Å². The maximum atomic E-state index is 7.50. The van der Waals surface area contributed by atoms with E-state index < -0.39 is 0 Å². The van der Waals surface area contributed by atoms with Crippen molar-refractivity contribution in [3.8, 4) is 0 Å². The topological polar surface area (TPSA) is 39.8 Å². The summed E-state index contributed by atoms with van der Waals surface area (Å²) in [7, 11) is 0. The molecule has 0 aromatic rings. The predicted molar refractivity (Wildman–Crippen MR) is 58.8 cm³/mol. The van der Waals surface area contributed by atoms with Gasteiger partial charge in [0.2, 0.25) is 0 Å². The van der Waals surface area contributed by atoms with Crippen molar-refractivity contribution in [1.29, 1.82) is 0 Å². The van der Waals surface area contributed by atoms with Crippen LogP contribution in [0.5, 0.6) is 0 Å². The summed E-state index contributed by atoms with van der Waals surface area (Å²) in [6.45, 7) is 19.3. The first-order chi connectivity index (χ1) is 7.06. The Morgan fingerprint density at radius 2 is 1.00 bits per heavy atom. The molecule has 0 unspecified atom stereocenters. The van der Waals surface area contributed by atoms with Gasteiger partial charge in [0.05, 0.1) is 0 Å². The zero-order valence-electron chi connectivity index (χ0n) is 9.97. The van der Waals surface area contributed by atoms with E-state index in [1.165, 1.54) is 0 Å². The molecule has 1 saturated carbocycles. The molecule has 1 rings (SSSR count). The van der Waals surface area contributed by atoms with Gasteiger partial charge in [-0.25, -0.2) is 0 Å². The zero-order valence-corrected chi connectivity index (χ0v) is 11.1. The van der Waals surface area contributed by atoms with Crippen molar-refractivity contribution in [1.82, 2.24) is 0 Å². The van der Waals surface area contributed by atoms with Crippen LogP contribution in [0, 0.1) is 57.7 Å². The van der Waals surface area contributed by atoms with Gasteiger partial charge in [-0.05, 0) is 32.1 Å². The molecule has 2 nitrogen and oxygen atoms in total. The SMILES string of the molecule is [C-]#[O+].[C-]#[O+].[CH2-]CC(C)(C)C.[CH]1[CH][CH][CH][CH]1.[Fe]. The Labute approximate surface area is 111 Å². The average Bonchev–Trinajstić information content (AvgIpc) is 2.81. The Morgan fingerprint density at radius 3 is 1.06 bits per heavy atom. The minimum atomic E-state index is 0. The molecule has 0 amide bonds. The second-order valence-electron chi connectivity index (χ2n) is 3.77. The molecule has 5 radical (unpaired) electrons. The third kappa shape index (κ3) is 37.0. The second kappa shape index (κ2) is 20.4. The van der Waals surface area contributed by atoms with E-state index >= 15 is 0 Å². The first-order valence-electron chi connectivity index (χ1n) is 4.43. The summed E-state index contributed by atoms with van der Waals surface area (Å²) in [5.41, 5.74) is 0.431. The van der Waals surface area contributed by atoms with Gasteiger partial charge in [0.25, 0.3) is 0 Å². The Kier molecular flexibility index (Phi) is 31.9. The van der Waals surface area contributed by atoms with Crippen LogP contribution in [-0.4, -0.2) is 0 Å². The van der Waals surface area contributed by atoms with E-state index in [2.05, 4.69) is 41.0 Å². The van der Waals surface area contributed by atoms with E-state index in [-0.39, 0.29) is 17.1 Å². The summed E-state index contributed by atoms with van der Waals surface area (Å²) >= 11 is 0. The molecular weight excluding hydrogens is 244 g/mol. The van der Waals surface area contributed by atoms with Crippen molar-refractivity contribution < 1.29 is 26.4 Å². The first kappa shape index (κ1) is 25.0. The zero-order chi connectivity index (χ0) is 12.7. The Balaban J connectivity index is -0.0000000658. The molecule has 1 fully saturated rings. The van der Waals surface area contributed by atoms with Crippen molar-refractivity contribution in [2.75, 3.05) is 0 Å². The maximum absolute atomic E-state index is 7.50. The van der Waals surface area contributed by atoms with Crippen LogP contribution in [0.3, 0.4) is 0 Å². The number of hydrogen-bond acceptors (Lipinski definition) is 0. The van der Waals surface area contributed by atoms with Crippen molar-refractivity contribution in [2.45, 2.75) is 27.2 Å². The van der Waals surface area contributed by atoms with Crippen LogP contribution in [0.2, 0.25) is 0 Å². The van der Waals surface area contributed by atoms with Crippen molar-refractivity contribution in [2.24, 2.45) is 5.41 Å². The van der Waals surface area contributed by atoms with Crippen LogP contribution in [-0.2, 0) is 26.4 Å². The van der Waals surface area contributed by atoms with Crippen molar-refractivity contribution in [3.63, 3.8) is 0 Å². The molecule has 1 aliphatic carbocycles. The van der Waals surface area contributed by atoms with Gasteiger partial charge in [-0.3, -0.25) is 0 Å². The van der Waals surface area contributed by atoms with Crippen LogP contribution >= 0.6 is 0 Å². The molecule has 91 valence electrons.